The number of rotatable bonds is 2. The van der Waals surface area contributed by atoms with E-state index in [-0.39, 0.29) is 0 Å². The number of nitrogens with zero attached hydrogens (tertiary/aromatic N) is 3. The van der Waals surface area contributed by atoms with E-state index in [9.17, 15) is 0 Å². The van der Waals surface area contributed by atoms with E-state index in [0.29, 0.717) is 12.0 Å². The van der Waals surface area contributed by atoms with Gasteiger partial charge in [0.25, 0.3) is 0 Å². The van der Waals surface area contributed by atoms with Crippen molar-refractivity contribution in [1.82, 2.24) is 14.5 Å². The molecule has 0 aliphatic heterocycles. The predicted molar refractivity (Wildman–Crippen MR) is 102 cm³/mol. The fourth-order valence-corrected chi connectivity index (χ4v) is 4.35. The molecule has 2 aromatic heterocycles. The lowest BCUT2D eigenvalue weighted by Gasteiger charge is -2.19. The average molecular weight is 384 g/mol. The van der Waals surface area contributed by atoms with E-state index < -0.39 is 0 Å². The minimum atomic E-state index is 0.337. The third-order valence-corrected chi connectivity index (χ3v) is 5.47. The van der Waals surface area contributed by atoms with E-state index in [1.165, 1.54) is 16.7 Å². The summed E-state index contributed by atoms with van der Waals surface area (Å²) in [5.74, 6) is 1.52. The molecule has 24 heavy (non-hydrogen) atoms. The molecule has 1 aliphatic rings. The molecule has 0 amide bonds. The van der Waals surface area contributed by atoms with Crippen molar-refractivity contribution in [3.8, 4) is 0 Å². The first kappa shape index (κ1) is 15.8. The lowest BCUT2D eigenvalue weighted by Crippen LogP contribution is -2.13. The molecular formula is C20H22BrN3. The summed E-state index contributed by atoms with van der Waals surface area (Å²) in [6.07, 6.45) is 2.23. The number of hydrogen-bond acceptors (Lipinski definition) is 2. The van der Waals surface area contributed by atoms with Crippen LogP contribution in [0.4, 0.5) is 0 Å². The highest BCUT2D eigenvalue weighted by atomic mass is 79.9. The van der Waals surface area contributed by atoms with Crippen molar-refractivity contribution >= 4 is 27.1 Å². The molecule has 0 saturated carbocycles. The highest BCUT2D eigenvalue weighted by Crippen LogP contribution is 2.39. The number of imidazole rings is 1. The summed E-state index contributed by atoms with van der Waals surface area (Å²) in [5.41, 5.74) is 7.22. The first-order valence-corrected chi connectivity index (χ1v) is 9.39. The minimum absolute atomic E-state index is 0.337. The van der Waals surface area contributed by atoms with Crippen LogP contribution in [0.3, 0.4) is 0 Å². The molecule has 124 valence electrons. The number of aryl methyl sites for hydroxylation is 3. The predicted octanol–water partition coefficient (Wildman–Crippen LogP) is 5.47. The molecule has 2 heterocycles. The molecular weight excluding hydrogens is 362 g/mol. The third kappa shape index (κ3) is 2.39. The van der Waals surface area contributed by atoms with Crippen molar-refractivity contribution in [1.29, 1.82) is 0 Å². The van der Waals surface area contributed by atoms with Gasteiger partial charge in [0.2, 0.25) is 0 Å². The summed E-state index contributed by atoms with van der Waals surface area (Å²) in [4.78, 5) is 9.84. The van der Waals surface area contributed by atoms with Crippen LogP contribution in [0.25, 0.3) is 11.2 Å². The molecule has 3 aromatic rings. The summed E-state index contributed by atoms with van der Waals surface area (Å²) in [6, 6.07) is 9.13. The van der Waals surface area contributed by atoms with Crippen molar-refractivity contribution in [2.75, 3.05) is 0 Å². The Morgan fingerprint density at radius 2 is 1.96 bits per heavy atom. The molecule has 0 unspecified atom stereocenters. The Kier molecular flexibility index (Phi) is 3.75. The van der Waals surface area contributed by atoms with E-state index in [1.807, 2.05) is 0 Å². The zero-order valence-electron chi connectivity index (χ0n) is 14.6. The lowest BCUT2D eigenvalue weighted by molar-refractivity contribution is 0.547. The molecule has 0 radical (unpaired) electrons. The Morgan fingerprint density at radius 1 is 1.17 bits per heavy atom. The van der Waals surface area contributed by atoms with Crippen molar-refractivity contribution in [2.24, 2.45) is 0 Å². The molecule has 0 spiro atoms. The van der Waals surface area contributed by atoms with Crippen LogP contribution >= 0.6 is 15.9 Å². The largest absolute Gasteiger partial charge is 0.305 e. The van der Waals surface area contributed by atoms with Crippen LogP contribution < -0.4 is 0 Å². The number of pyridine rings is 1. The molecule has 1 aliphatic carbocycles. The second-order valence-corrected chi connectivity index (χ2v) is 8.06. The zero-order valence-corrected chi connectivity index (χ0v) is 16.2. The first-order valence-electron chi connectivity index (χ1n) is 8.60. The summed E-state index contributed by atoms with van der Waals surface area (Å²) in [5, 5.41) is 0. The summed E-state index contributed by atoms with van der Waals surface area (Å²) < 4.78 is 3.56. The molecule has 0 saturated heterocycles. The Balaban J connectivity index is 1.99. The standard InChI is InChI=1S/C20H22BrN3/c1-11(2)19-23-18-12(3)9-13(4)22-20(18)24(19)17-8-5-14-10-15(21)6-7-16(14)17/h6-7,9-11,17H,5,8H2,1-4H3/t17-/m0/s1. The van der Waals surface area contributed by atoms with Gasteiger partial charge in [0.1, 0.15) is 11.3 Å². The van der Waals surface area contributed by atoms with Gasteiger partial charge < -0.3 is 4.57 Å². The van der Waals surface area contributed by atoms with Crippen LogP contribution in [0.15, 0.2) is 28.7 Å². The minimum Gasteiger partial charge on any atom is -0.305 e. The van der Waals surface area contributed by atoms with E-state index in [2.05, 4.69) is 72.5 Å². The van der Waals surface area contributed by atoms with Gasteiger partial charge in [-0.3, -0.25) is 0 Å². The van der Waals surface area contributed by atoms with Crippen molar-refractivity contribution in [2.45, 2.75) is 52.5 Å². The highest BCUT2D eigenvalue weighted by molar-refractivity contribution is 9.10. The van der Waals surface area contributed by atoms with Gasteiger partial charge in [-0.15, -0.1) is 0 Å². The molecule has 0 fully saturated rings. The summed E-state index contributed by atoms with van der Waals surface area (Å²) in [7, 11) is 0. The lowest BCUT2D eigenvalue weighted by atomic mass is 10.1. The Labute approximate surface area is 151 Å². The maximum atomic E-state index is 4.98. The Hall–Kier alpha value is -1.68. The monoisotopic (exact) mass is 383 g/mol. The molecule has 0 bridgehead atoms. The fourth-order valence-electron chi connectivity index (χ4n) is 3.94. The van der Waals surface area contributed by atoms with Gasteiger partial charge in [0.15, 0.2) is 5.65 Å². The Morgan fingerprint density at radius 3 is 2.71 bits per heavy atom. The van der Waals surface area contributed by atoms with Gasteiger partial charge in [-0.2, -0.15) is 0 Å². The molecule has 0 N–H and O–H groups in total. The van der Waals surface area contributed by atoms with E-state index in [1.54, 1.807) is 0 Å². The molecule has 3 nitrogen and oxygen atoms in total. The molecule has 1 atom stereocenters. The van der Waals surface area contributed by atoms with Gasteiger partial charge >= 0.3 is 0 Å². The van der Waals surface area contributed by atoms with Crippen LogP contribution in [0.2, 0.25) is 0 Å². The number of aromatic nitrogens is 3. The fraction of sp³-hybridized carbons (Fsp3) is 0.400. The maximum Gasteiger partial charge on any atom is 0.161 e. The summed E-state index contributed by atoms with van der Waals surface area (Å²) in [6.45, 7) is 8.64. The zero-order chi connectivity index (χ0) is 17.0. The van der Waals surface area contributed by atoms with Crippen molar-refractivity contribution < 1.29 is 0 Å². The maximum absolute atomic E-state index is 4.98. The smallest absolute Gasteiger partial charge is 0.161 e. The third-order valence-electron chi connectivity index (χ3n) is 4.97. The quantitative estimate of drug-likeness (QED) is 0.587. The average Bonchev–Trinajstić information content (AvgIpc) is 3.07. The number of halogens is 1. The topological polar surface area (TPSA) is 30.7 Å². The van der Waals surface area contributed by atoms with Gasteiger partial charge in [-0.1, -0.05) is 35.8 Å². The Bertz CT molecular complexity index is 940. The van der Waals surface area contributed by atoms with E-state index >= 15 is 0 Å². The van der Waals surface area contributed by atoms with Gasteiger partial charge in [-0.25, -0.2) is 9.97 Å². The highest BCUT2D eigenvalue weighted by Gasteiger charge is 2.29. The van der Waals surface area contributed by atoms with Crippen LogP contribution in [-0.2, 0) is 6.42 Å². The van der Waals surface area contributed by atoms with Gasteiger partial charge in [0, 0.05) is 16.1 Å². The van der Waals surface area contributed by atoms with Crippen molar-refractivity contribution in [3.63, 3.8) is 0 Å². The number of hydrogen-bond donors (Lipinski definition) is 0. The first-order chi connectivity index (χ1) is 11.5. The van der Waals surface area contributed by atoms with Gasteiger partial charge in [-0.05, 0) is 61.6 Å². The second kappa shape index (κ2) is 5.69. The molecule has 4 rings (SSSR count). The molecule has 4 heteroatoms. The summed E-state index contributed by atoms with van der Waals surface area (Å²) >= 11 is 3.60. The van der Waals surface area contributed by atoms with E-state index in [0.717, 1.165) is 40.0 Å². The van der Waals surface area contributed by atoms with Crippen LogP contribution in [0.5, 0.6) is 0 Å². The SMILES string of the molecule is Cc1cc(C)c2nc(C(C)C)n([C@H]3CCc4cc(Br)ccc43)c2n1. The van der Waals surface area contributed by atoms with Crippen LogP contribution in [0.1, 0.15) is 60.4 Å². The number of benzene rings is 1. The van der Waals surface area contributed by atoms with E-state index in [4.69, 9.17) is 9.97 Å². The van der Waals surface area contributed by atoms with Crippen LogP contribution in [0, 0.1) is 13.8 Å². The van der Waals surface area contributed by atoms with Crippen LogP contribution in [-0.4, -0.2) is 14.5 Å². The molecule has 1 aromatic carbocycles. The normalized spacial score (nSPS) is 17.0. The van der Waals surface area contributed by atoms with Gasteiger partial charge in [0.05, 0.1) is 6.04 Å². The van der Waals surface area contributed by atoms with Crippen molar-refractivity contribution in [3.05, 3.63) is 56.9 Å². The second-order valence-electron chi connectivity index (χ2n) is 7.15. The number of fused-ring (bicyclic) bond motifs is 2.